The van der Waals surface area contributed by atoms with Gasteiger partial charge in [0.2, 0.25) is 0 Å². The zero-order valence-corrected chi connectivity index (χ0v) is 26.2. The fourth-order valence-electron chi connectivity index (χ4n) is 6.97. The van der Waals surface area contributed by atoms with Crippen LogP contribution in [0.4, 0.5) is 0 Å². The molecule has 46 heavy (non-hydrogen) atoms. The number of carbonyl (C=O) groups excluding carboxylic acids is 2. The summed E-state index contributed by atoms with van der Waals surface area (Å²) in [5.41, 5.74) is 6.77. The number of piperidine rings is 1. The number of carbonyl (C=O) groups is 2. The van der Waals surface area contributed by atoms with E-state index in [2.05, 4.69) is 48.2 Å². The van der Waals surface area contributed by atoms with E-state index in [1.807, 2.05) is 36.4 Å². The van der Waals surface area contributed by atoms with E-state index >= 15 is 0 Å². The highest BCUT2D eigenvalue weighted by Crippen LogP contribution is 2.42. The summed E-state index contributed by atoms with van der Waals surface area (Å²) < 4.78 is 13.4. The van der Waals surface area contributed by atoms with E-state index in [0.29, 0.717) is 11.1 Å². The van der Waals surface area contributed by atoms with Gasteiger partial charge in [0.1, 0.15) is 0 Å². The van der Waals surface area contributed by atoms with Crippen LogP contribution in [-0.2, 0) is 22.6 Å². The van der Waals surface area contributed by atoms with Crippen LogP contribution < -0.4 is 0 Å². The first kappa shape index (κ1) is 30.5. The van der Waals surface area contributed by atoms with Gasteiger partial charge in [-0.2, -0.15) is 0 Å². The second-order valence-electron chi connectivity index (χ2n) is 12.7. The summed E-state index contributed by atoms with van der Waals surface area (Å²) in [4.78, 5) is 29.7. The molecular weight excluding hydrogens is 576 g/mol. The minimum Gasteiger partial charge on any atom is -0.392 e. The van der Waals surface area contributed by atoms with Crippen molar-refractivity contribution in [3.05, 3.63) is 130 Å². The number of nitrogens with zero attached hydrogens (tertiary/aromatic N) is 2. The highest BCUT2D eigenvalue weighted by Gasteiger charge is 2.39. The minimum absolute atomic E-state index is 0.0119. The first-order valence-corrected chi connectivity index (χ1v) is 16.4. The maximum Gasteiger partial charge on any atom is 0.261 e. The van der Waals surface area contributed by atoms with Crippen molar-refractivity contribution < 1.29 is 24.2 Å². The molecule has 4 aromatic rings. The fraction of sp³-hybridized carbons (Fsp3) is 0.333. The van der Waals surface area contributed by atoms with Crippen molar-refractivity contribution in [3.63, 3.8) is 0 Å². The molecule has 3 heterocycles. The normalized spacial score (nSPS) is 23.5. The predicted octanol–water partition coefficient (Wildman–Crippen LogP) is 6.92. The molecule has 0 radical (unpaired) electrons. The van der Waals surface area contributed by atoms with E-state index < -0.39 is 6.29 Å². The number of aliphatic hydroxyl groups is 1. The Morgan fingerprint density at radius 1 is 0.717 bits per heavy atom. The molecule has 2 fully saturated rings. The molecule has 7 heteroatoms. The molecule has 7 nitrogen and oxygen atoms in total. The molecule has 3 aliphatic heterocycles. The number of rotatable bonds is 8. The van der Waals surface area contributed by atoms with Crippen molar-refractivity contribution in [1.82, 2.24) is 9.80 Å². The van der Waals surface area contributed by atoms with Crippen LogP contribution in [0.5, 0.6) is 0 Å². The second-order valence-corrected chi connectivity index (χ2v) is 12.7. The van der Waals surface area contributed by atoms with Gasteiger partial charge < -0.3 is 19.5 Å². The lowest BCUT2D eigenvalue weighted by Gasteiger charge is -2.43. The minimum atomic E-state index is -0.511. The van der Waals surface area contributed by atoms with E-state index in [1.54, 1.807) is 24.3 Å². The maximum absolute atomic E-state index is 12.9. The van der Waals surface area contributed by atoms with E-state index in [9.17, 15) is 14.7 Å². The molecule has 7 rings (SSSR count). The van der Waals surface area contributed by atoms with Crippen LogP contribution in [0, 0.1) is 5.92 Å². The van der Waals surface area contributed by atoms with Crippen LogP contribution in [-0.4, -0.2) is 52.5 Å². The number of hydrogen-bond acceptors (Lipinski definition) is 6. The number of ether oxygens (including phenoxy) is 2. The predicted molar refractivity (Wildman–Crippen MR) is 176 cm³/mol. The molecule has 4 unspecified atom stereocenters. The molecule has 0 saturated carbocycles. The molecule has 2 amide bonds. The number of likely N-dealkylation sites (tertiary alicyclic amines) is 1. The zero-order chi connectivity index (χ0) is 31.6. The second kappa shape index (κ2) is 13.3. The van der Waals surface area contributed by atoms with Crippen molar-refractivity contribution in [2.24, 2.45) is 5.92 Å². The van der Waals surface area contributed by atoms with Gasteiger partial charge in [-0.15, -0.1) is 0 Å². The fourth-order valence-corrected chi connectivity index (χ4v) is 6.97. The largest absolute Gasteiger partial charge is 0.392 e. The van der Waals surface area contributed by atoms with Gasteiger partial charge >= 0.3 is 0 Å². The van der Waals surface area contributed by atoms with Gasteiger partial charge in [0.25, 0.3) is 11.8 Å². The van der Waals surface area contributed by atoms with Crippen molar-refractivity contribution in [2.75, 3.05) is 19.6 Å². The third-order valence-corrected chi connectivity index (χ3v) is 9.67. The van der Waals surface area contributed by atoms with Crippen LogP contribution >= 0.6 is 0 Å². The summed E-state index contributed by atoms with van der Waals surface area (Å²) in [7, 11) is 0. The Balaban J connectivity index is 1.10. The average Bonchev–Trinajstić information content (AvgIpc) is 3.34. The highest BCUT2D eigenvalue weighted by molar-refractivity contribution is 6.21. The average molecular weight is 617 g/mol. The summed E-state index contributed by atoms with van der Waals surface area (Å²) in [6.07, 6.45) is 3.11. The van der Waals surface area contributed by atoms with Crippen molar-refractivity contribution >= 4 is 11.8 Å². The maximum atomic E-state index is 12.9. The molecule has 0 aromatic heterocycles. The lowest BCUT2D eigenvalue weighted by atomic mass is 9.89. The Morgan fingerprint density at radius 2 is 1.39 bits per heavy atom. The van der Waals surface area contributed by atoms with Gasteiger partial charge in [-0.05, 0) is 71.9 Å². The molecule has 3 aliphatic rings. The van der Waals surface area contributed by atoms with Crippen LogP contribution in [0.15, 0.2) is 97.1 Å². The lowest BCUT2D eigenvalue weighted by molar-refractivity contribution is -0.276. The summed E-state index contributed by atoms with van der Waals surface area (Å²) in [5.74, 6) is -0.348. The van der Waals surface area contributed by atoms with Crippen molar-refractivity contribution in [1.29, 1.82) is 0 Å². The molecule has 2 saturated heterocycles. The number of aliphatic hydroxyl groups excluding tert-OH is 1. The molecule has 4 aromatic carbocycles. The standard InChI is InChI=1S/C39H40N2O5/c1-26-35(24-40-20-5-2-6-21-40)45-39(46-36(26)30-14-12-27(25-42)13-15-30)31-18-16-29(17-19-31)32-9-7-8-28(22-32)23-41-37(43)33-10-3-4-11-34(33)38(41)44/h3-4,7-19,22,26,35-36,39,42H,2,5-6,20-21,23-25H2,1H3. The SMILES string of the molecule is CC1C(CN2CCCCC2)OC(c2ccc(-c3cccc(CN4C(=O)c5ccccc5C4=O)c3)cc2)OC1c1ccc(CO)cc1. The van der Waals surface area contributed by atoms with E-state index in [-0.39, 0.29) is 43.1 Å². The molecule has 236 valence electrons. The third-order valence-electron chi connectivity index (χ3n) is 9.67. The van der Waals surface area contributed by atoms with Gasteiger partial charge in [0.15, 0.2) is 6.29 Å². The Morgan fingerprint density at radius 3 is 2.07 bits per heavy atom. The molecule has 0 bridgehead atoms. The first-order chi connectivity index (χ1) is 22.5. The monoisotopic (exact) mass is 616 g/mol. The summed E-state index contributed by atoms with van der Waals surface area (Å²) in [6, 6.07) is 31.3. The quantitative estimate of drug-likeness (QED) is 0.217. The number of fused-ring (bicyclic) bond motifs is 1. The third kappa shape index (κ3) is 6.16. The molecule has 0 aliphatic carbocycles. The summed E-state index contributed by atoms with van der Waals surface area (Å²) in [5, 5.41) is 9.56. The van der Waals surface area contributed by atoms with E-state index in [4.69, 9.17) is 9.47 Å². The van der Waals surface area contributed by atoms with Gasteiger partial charge in [-0.25, -0.2) is 0 Å². The number of benzene rings is 4. The Labute approximate surface area is 270 Å². The molecule has 4 atom stereocenters. The van der Waals surface area contributed by atoms with E-state index in [0.717, 1.165) is 53.0 Å². The Hall–Kier alpha value is -4.14. The Bertz CT molecular complexity index is 1660. The number of imide groups is 1. The highest BCUT2D eigenvalue weighted by atomic mass is 16.7. The smallest absolute Gasteiger partial charge is 0.261 e. The van der Waals surface area contributed by atoms with Crippen LogP contribution in [0.3, 0.4) is 0 Å². The summed E-state index contributed by atoms with van der Waals surface area (Å²) in [6.45, 7) is 5.54. The van der Waals surface area contributed by atoms with Gasteiger partial charge in [-0.3, -0.25) is 14.5 Å². The number of amides is 2. The van der Waals surface area contributed by atoms with E-state index in [1.165, 1.54) is 24.2 Å². The topological polar surface area (TPSA) is 79.3 Å². The summed E-state index contributed by atoms with van der Waals surface area (Å²) >= 11 is 0. The van der Waals surface area contributed by atoms with Gasteiger partial charge in [0.05, 0.1) is 36.5 Å². The molecule has 0 spiro atoms. The zero-order valence-electron chi connectivity index (χ0n) is 26.2. The van der Waals surface area contributed by atoms with Crippen molar-refractivity contribution in [2.45, 2.75) is 57.8 Å². The molecule has 1 N–H and O–H groups in total. The van der Waals surface area contributed by atoms with Crippen LogP contribution in [0.2, 0.25) is 0 Å². The van der Waals surface area contributed by atoms with Crippen molar-refractivity contribution in [3.8, 4) is 11.1 Å². The lowest BCUT2D eigenvalue weighted by Crippen LogP contribution is -2.45. The first-order valence-electron chi connectivity index (χ1n) is 16.4. The van der Waals surface area contributed by atoms with Crippen LogP contribution in [0.25, 0.3) is 11.1 Å². The molecular formula is C39H40N2O5. The number of hydrogen-bond donors (Lipinski definition) is 1. The van der Waals surface area contributed by atoms with Crippen LogP contribution in [0.1, 0.15) is 81.5 Å². The van der Waals surface area contributed by atoms with Gasteiger partial charge in [-0.1, -0.05) is 92.2 Å². The van der Waals surface area contributed by atoms with Gasteiger partial charge in [0, 0.05) is 18.0 Å². The Kier molecular flexibility index (Phi) is 8.82.